The van der Waals surface area contributed by atoms with Crippen molar-refractivity contribution in [3.05, 3.63) is 23.9 Å². The van der Waals surface area contributed by atoms with E-state index in [-0.39, 0.29) is 5.78 Å². The summed E-state index contributed by atoms with van der Waals surface area (Å²) in [7, 11) is 3.25. The number of hydrogen-bond acceptors (Lipinski definition) is 4. The molecule has 4 nitrogen and oxygen atoms in total. The number of aromatic nitrogens is 1. The zero-order chi connectivity index (χ0) is 9.68. The van der Waals surface area contributed by atoms with Crippen LogP contribution in [0.25, 0.3) is 0 Å². The molecule has 0 aliphatic rings. The van der Waals surface area contributed by atoms with Crippen LogP contribution in [-0.2, 0) is 0 Å². The van der Waals surface area contributed by atoms with Crippen LogP contribution >= 0.6 is 0 Å². The Morgan fingerprint density at radius 2 is 2.46 bits per heavy atom. The van der Waals surface area contributed by atoms with Crippen LogP contribution < -0.4 is 10.1 Å². The van der Waals surface area contributed by atoms with Crippen molar-refractivity contribution < 1.29 is 9.53 Å². The molecule has 0 atom stereocenters. The molecule has 0 saturated heterocycles. The molecule has 4 heteroatoms. The Kier molecular flexibility index (Phi) is 3.40. The van der Waals surface area contributed by atoms with E-state index in [2.05, 4.69) is 10.3 Å². The van der Waals surface area contributed by atoms with Crippen molar-refractivity contribution in [2.45, 2.75) is 0 Å². The number of methoxy groups -OCH3 is 1. The summed E-state index contributed by atoms with van der Waals surface area (Å²) in [6, 6.07) is 3.29. The van der Waals surface area contributed by atoms with E-state index >= 15 is 0 Å². The van der Waals surface area contributed by atoms with Gasteiger partial charge >= 0.3 is 0 Å². The molecule has 0 unspecified atom stereocenters. The molecule has 13 heavy (non-hydrogen) atoms. The molecule has 1 aromatic rings. The largest absolute Gasteiger partial charge is 0.481 e. The lowest BCUT2D eigenvalue weighted by Gasteiger charge is -2.01. The van der Waals surface area contributed by atoms with Crippen LogP contribution in [0, 0.1) is 0 Å². The van der Waals surface area contributed by atoms with Crippen molar-refractivity contribution in [1.29, 1.82) is 0 Å². The van der Waals surface area contributed by atoms with Gasteiger partial charge in [0, 0.05) is 17.8 Å². The molecule has 0 aliphatic heterocycles. The second kappa shape index (κ2) is 4.57. The van der Waals surface area contributed by atoms with Gasteiger partial charge in [0.2, 0.25) is 5.88 Å². The van der Waals surface area contributed by atoms with Gasteiger partial charge < -0.3 is 10.1 Å². The molecule has 0 fully saturated rings. The average Bonchev–Trinajstić information content (AvgIpc) is 2.18. The summed E-state index contributed by atoms with van der Waals surface area (Å²) in [5.74, 6) is 0.491. The second-order valence-corrected chi connectivity index (χ2v) is 2.54. The van der Waals surface area contributed by atoms with Crippen LogP contribution in [0.4, 0.5) is 0 Å². The lowest BCUT2D eigenvalue weighted by Crippen LogP contribution is -2.18. The molecular formula is C9H12N2O2. The number of carbonyl (C=O) groups excluding carboxylic acids is 1. The summed E-state index contributed by atoms with van der Waals surface area (Å²) >= 11 is 0. The highest BCUT2D eigenvalue weighted by atomic mass is 16.5. The van der Waals surface area contributed by atoms with Crippen LogP contribution in [0.1, 0.15) is 10.4 Å². The number of ketones is 1. The van der Waals surface area contributed by atoms with Gasteiger partial charge in [0.1, 0.15) is 0 Å². The monoisotopic (exact) mass is 180 g/mol. The standard InChI is InChI=1S/C9H12N2O2/c1-10-6-8(12)7-3-4-11-9(5-7)13-2/h3-5,10H,6H2,1-2H3. The summed E-state index contributed by atoms with van der Waals surface area (Å²) in [4.78, 5) is 15.3. The van der Waals surface area contributed by atoms with Gasteiger partial charge in [0.25, 0.3) is 0 Å². The smallest absolute Gasteiger partial charge is 0.213 e. The van der Waals surface area contributed by atoms with Gasteiger partial charge in [-0.15, -0.1) is 0 Å². The minimum absolute atomic E-state index is 0.0307. The van der Waals surface area contributed by atoms with Crippen molar-refractivity contribution in [1.82, 2.24) is 10.3 Å². The summed E-state index contributed by atoms with van der Waals surface area (Å²) < 4.78 is 4.90. The van der Waals surface area contributed by atoms with Crippen LogP contribution in [0.3, 0.4) is 0 Å². The van der Waals surface area contributed by atoms with Gasteiger partial charge in [-0.3, -0.25) is 4.79 Å². The summed E-state index contributed by atoms with van der Waals surface area (Å²) in [6.07, 6.45) is 1.56. The molecule has 1 aromatic heterocycles. The number of likely N-dealkylation sites (N-methyl/N-ethyl adjacent to an activating group) is 1. The highest BCUT2D eigenvalue weighted by Crippen LogP contribution is 2.08. The first-order chi connectivity index (χ1) is 6.27. The maximum absolute atomic E-state index is 11.4. The second-order valence-electron chi connectivity index (χ2n) is 2.54. The molecule has 0 bridgehead atoms. The first-order valence-corrected chi connectivity index (χ1v) is 3.95. The summed E-state index contributed by atoms with van der Waals surface area (Å²) in [6.45, 7) is 0.327. The van der Waals surface area contributed by atoms with E-state index in [0.717, 1.165) is 0 Å². The van der Waals surface area contributed by atoms with E-state index < -0.39 is 0 Å². The van der Waals surface area contributed by atoms with E-state index in [1.807, 2.05) is 0 Å². The molecule has 0 radical (unpaired) electrons. The lowest BCUT2D eigenvalue weighted by molar-refractivity contribution is 0.0993. The third kappa shape index (κ3) is 2.52. The van der Waals surface area contributed by atoms with Crippen molar-refractivity contribution in [3.8, 4) is 5.88 Å². The molecule has 1 rings (SSSR count). The third-order valence-corrected chi connectivity index (χ3v) is 1.60. The van der Waals surface area contributed by atoms with Crippen molar-refractivity contribution in [3.63, 3.8) is 0 Å². The van der Waals surface area contributed by atoms with Crippen molar-refractivity contribution in [2.24, 2.45) is 0 Å². The Bertz CT molecular complexity index is 299. The van der Waals surface area contributed by atoms with E-state index in [4.69, 9.17) is 4.74 Å². The minimum Gasteiger partial charge on any atom is -0.481 e. The van der Waals surface area contributed by atoms with Crippen molar-refractivity contribution >= 4 is 5.78 Å². The summed E-state index contributed by atoms with van der Waals surface area (Å²) in [5.41, 5.74) is 0.612. The maximum Gasteiger partial charge on any atom is 0.213 e. The van der Waals surface area contributed by atoms with Gasteiger partial charge in [-0.25, -0.2) is 4.98 Å². The molecule has 1 N–H and O–H groups in total. The average molecular weight is 180 g/mol. The fourth-order valence-electron chi connectivity index (χ4n) is 0.957. The highest BCUT2D eigenvalue weighted by molar-refractivity contribution is 5.97. The third-order valence-electron chi connectivity index (χ3n) is 1.60. The first-order valence-electron chi connectivity index (χ1n) is 3.95. The number of hydrogen-bond donors (Lipinski definition) is 1. The number of rotatable bonds is 4. The quantitative estimate of drug-likeness (QED) is 0.685. The van der Waals surface area contributed by atoms with Gasteiger partial charge in [-0.05, 0) is 13.1 Å². The molecule has 0 aliphatic carbocycles. The van der Waals surface area contributed by atoms with E-state index in [0.29, 0.717) is 18.0 Å². The van der Waals surface area contributed by atoms with Gasteiger partial charge in [0.05, 0.1) is 13.7 Å². The molecule has 0 aromatic carbocycles. The predicted octanol–water partition coefficient (Wildman–Crippen LogP) is 0.492. The fraction of sp³-hybridized carbons (Fsp3) is 0.333. The number of carbonyl (C=O) groups is 1. The van der Waals surface area contributed by atoms with Gasteiger partial charge in [0.15, 0.2) is 5.78 Å². The van der Waals surface area contributed by atoms with Crippen LogP contribution in [0.2, 0.25) is 0 Å². The molecule has 1 heterocycles. The Labute approximate surface area is 76.9 Å². The zero-order valence-corrected chi connectivity index (χ0v) is 7.70. The Morgan fingerprint density at radius 1 is 1.69 bits per heavy atom. The Hall–Kier alpha value is -1.42. The normalized spacial score (nSPS) is 9.69. The number of nitrogens with one attached hydrogen (secondary N) is 1. The SMILES string of the molecule is CNCC(=O)c1ccnc(OC)c1. The molecular weight excluding hydrogens is 168 g/mol. The maximum atomic E-state index is 11.4. The first kappa shape index (κ1) is 9.67. The highest BCUT2D eigenvalue weighted by Gasteiger charge is 2.05. The number of Topliss-reactive ketones (excluding diaryl/α,β-unsaturated/α-hetero) is 1. The van der Waals surface area contributed by atoms with Gasteiger partial charge in [-0.1, -0.05) is 0 Å². The molecule has 0 saturated carbocycles. The Balaban J connectivity index is 2.82. The summed E-state index contributed by atoms with van der Waals surface area (Å²) in [5, 5.41) is 2.79. The van der Waals surface area contributed by atoms with E-state index in [9.17, 15) is 4.79 Å². The van der Waals surface area contributed by atoms with Crippen LogP contribution in [-0.4, -0.2) is 31.5 Å². The zero-order valence-electron chi connectivity index (χ0n) is 7.70. The molecule has 0 spiro atoms. The van der Waals surface area contributed by atoms with Gasteiger partial charge in [-0.2, -0.15) is 0 Å². The topological polar surface area (TPSA) is 51.2 Å². The predicted molar refractivity (Wildman–Crippen MR) is 49.0 cm³/mol. The molecule has 0 amide bonds. The number of ether oxygens (including phenoxy) is 1. The Morgan fingerprint density at radius 3 is 3.08 bits per heavy atom. The number of nitrogens with zero attached hydrogens (tertiary/aromatic N) is 1. The minimum atomic E-state index is 0.0307. The fourth-order valence-corrected chi connectivity index (χ4v) is 0.957. The van der Waals surface area contributed by atoms with Crippen LogP contribution in [0.15, 0.2) is 18.3 Å². The molecule has 70 valence electrons. The van der Waals surface area contributed by atoms with Crippen molar-refractivity contribution in [2.75, 3.05) is 20.7 Å². The van der Waals surface area contributed by atoms with Crippen LogP contribution in [0.5, 0.6) is 5.88 Å². The van der Waals surface area contributed by atoms with E-state index in [1.54, 1.807) is 25.4 Å². The number of pyridine rings is 1. The lowest BCUT2D eigenvalue weighted by atomic mass is 10.2. The van der Waals surface area contributed by atoms with E-state index in [1.165, 1.54) is 7.11 Å².